The monoisotopic (exact) mass is 381 g/mol. The van der Waals surface area contributed by atoms with Gasteiger partial charge in [0.05, 0.1) is 0 Å². The van der Waals surface area contributed by atoms with Crippen molar-refractivity contribution in [2.75, 3.05) is 19.6 Å². The molecule has 9 nitrogen and oxygen atoms in total. The third-order valence-electron chi connectivity index (χ3n) is 4.74. The van der Waals surface area contributed by atoms with Crippen molar-refractivity contribution in [2.24, 2.45) is 13.0 Å². The van der Waals surface area contributed by atoms with E-state index in [9.17, 15) is 13.2 Å². The van der Waals surface area contributed by atoms with Gasteiger partial charge in [-0.25, -0.2) is 8.42 Å². The second kappa shape index (κ2) is 7.20. The maximum atomic E-state index is 12.8. The summed E-state index contributed by atoms with van der Waals surface area (Å²) in [6, 6.07) is 1.66. The number of nitrogens with zero attached hydrogens (tertiary/aromatic N) is 4. The Balaban J connectivity index is 1.56. The number of aromatic nitrogens is 3. The van der Waals surface area contributed by atoms with Gasteiger partial charge in [-0.1, -0.05) is 5.16 Å². The first kappa shape index (κ1) is 18.6. The number of carbonyl (C=O) groups excluding carboxylic acids is 1. The molecule has 0 atom stereocenters. The molecule has 3 heterocycles. The van der Waals surface area contributed by atoms with E-state index in [0.717, 1.165) is 0 Å². The minimum Gasteiger partial charge on any atom is -0.360 e. The molecule has 0 radical (unpaired) electrons. The number of hydrogen-bond donors (Lipinski definition) is 1. The summed E-state index contributed by atoms with van der Waals surface area (Å²) < 4.78 is 33.6. The van der Waals surface area contributed by atoms with Crippen LogP contribution < -0.4 is 5.32 Å². The van der Waals surface area contributed by atoms with Crippen LogP contribution in [0, 0.1) is 19.8 Å². The minimum absolute atomic E-state index is 0.167. The Morgan fingerprint density at radius 3 is 2.58 bits per heavy atom. The fourth-order valence-electron chi connectivity index (χ4n) is 3.25. The lowest BCUT2D eigenvalue weighted by Gasteiger charge is -2.31. The first-order chi connectivity index (χ1) is 12.3. The number of rotatable bonds is 5. The molecule has 2 aromatic rings. The van der Waals surface area contributed by atoms with Crippen molar-refractivity contribution < 1.29 is 17.7 Å². The summed E-state index contributed by atoms with van der Waals surface area (Å²) in [6.07, 6.45) is 2.95. The lowest BCUT2D eigenvalue weighted by atomic mass is 9.98. The van der Waals surface area contributed by atoms with Gasteiger partial charge in [0.2, 0.25) is 10.0 Å². The number of hydrogen-bond acceptors (Lipinski definition) is 6. The Morgan fingerprint density at radius 2 is 2.04 bits per heavy atom. The first-order valence-electron chi connectivity index (χ1n) is 8.50. The average Bonchev–Trinajstić information content (AvgIpc) is 3.18. The number of carbonyl (C=O) groups is 1. The summed E-state index contributed by atoms with van der Waals surface area (Å²) in [4.78, 5) is 12.3. The van der Waals surface area contributed by atoms with E-state index in [1.807, 2.05) is 0 Å². The highest BCUT2D eigenvalue weighted by molar-refractivity contribution is 7.89. The molecule has 1 saturated heterocycles. The zero-order valence-corrected chi connectivity index (χ0v) is 15.9. The van der Waals surface area contributed by atoms with Gasteiger partial charge in [0.15, 0.2) is 5.76 Å². The quantitative estimate of drug-likeness (QED) is 0.822. The summed E-state index contributed by atoms with van der Waals surface area (Å²) in [5.74, 6) is 0.382. The van der Waals surface area contributed by atoms with Gasteiger partial charge < -0.3 is 9.84 Å². The van der Waals surface area contributed by atoms with Gasteiger partial charge in [0, 0.05) is 32.9 Å². The van der Waals surface area contributed by atoms with Gasteiger partial charge in [-0.2, -0.15) is 9.40 Å². The highest BCUT2D eigenvalue weighted by Gasteiger charge is 2.33. The zero-order valence-electron chi connectivity index (χ0n) is 15.1. The second-order valence-corrected chi connectivity index (χ2v) is 8.43. The summed E-state index contributed by atoms with van der Waals surface area (Å²) in [5.41, 5.74) is 0.886. The van der Waals surface area contributed by atoms with Gasteiger partial charge in [-0.05, 0) is 38.7 Å². The third kappa shape index (κ3) is 3.51. The predicted octanol–water partition coefficient (Wildman–Crippen LogP) is 0.856. The molecule has 0 saturated carbocycles. The van der Waals surface area contributed by atoms with E-state index in [-0.39, 0.29) is 16.7 Å². The molecule has 1 aliphatic rings. The highest BCUT2D eigenvalue weighted by atomic mass is 32.2. The van der Waals surface area contributed by atoms with E-state index in [0.29, 0.717) is 49.6 Å². The van der Waals surface area contributed by atoms with Crippen molar-refractivity contribution in [1.29, 1.82) is 0 Å². The summed E-state index contributed by atoms with van der Waals surface area (Å²) in [6.45, 7) is 4.58. The fraction of sp³-hybridized carbons (Fsp3) is 0.562. The van der Waals surface area contributed by atoms with E-state index in [1.165, 1.54) is 8.99 Å². The molecule has 10 heteroatoms. The minimum atomic E-state index is -3.60. The summed E-state index contributed by atoms with van der Waals surface area (Å²) >= 11 is 0. The summed E-state index contributed by atoms with van der Waals surface area (Å²) in [7, 11) is -1.88. The van der Waals surface area contributed by atoms with Crippen LogP contribution in [0.5, 0.6) is 0 Å². The number of aryl methyl sites for hydroxylation is 3. The molecule has 0 bridgehead atoms. The van der Waals surface area contributed by atoms with Crippen LogP contribution in [0.3, 0.4) is 0 Å². The number of piperidine rings is 1. The van der Waals surface area contributed by atoms with Gasteiger partial charge in [-0.3, -0.25) is 9.48 Å². The van der Waals surface area contributed by atoms with Crippen LogP contribution >= 0.6 is 0 Å². The molecule has 26 heavy (non-hydrogen) atoms. The lowest BCUT2D eigenvalue weighted by molar-refractivity contribution is 0.0932. The average molecular weight is 381 g/mol. The molecule has 0 aliphatic carbocycles. The van der Waals surface area contributed by atoms with Crippen molar-refractivity contribution in [2.45, 2.75) is 31.6 Å². The van der Waals surface area contributed by atoms with Crippen LogP contribution in [0.15, 0.2) is 21.7 Å². The Labute approximate surface area is 152 Å². The number of sulfonamides is 1. The van der Waals surface area contributed by atoms with Crippen molar-refractivity contribution in [3.63, 3.8) is 0 Å². The van der Waals surface area contributed by atoms with Crippen LogP contribution in [0.4, 0.5) is 0 Å². The number of nitrogens with one attached hydrogen (secondary N) is 1. The Morgan fingerprint density at radius 1 is 1.35 bits per heavy atom. The zero-order chi connectivity index (χ0) is 18.9. The van der Waals surface area contributed by atoms with Gasteiger partial charge in [-0.15, -0.1) is 0 Å². The van der Waals surface area contributed by atoms with Crippen LogP contribution in [-0.4, -0.2) is 53.2 Å². The molecule has 0 unspecified atom stereocenters. The van der Waals surface area contributed by atoms with Crippen LogP contribution in [-0.2, 0) is 17.1 Å². The predicted molar refractivity (Wildman–Crippen MR) is 93.0 cm³/mol. The largest absolute Gasteiger partial charge is 0.360 e. The molecule has 1 fully saturated rings. The normalized spacial score (nSPS) is 16.7. The van der Waals surface area contributed by atoms with Crippen molar-refractivity contribution in [3.8, 4) is 0 Å². The Hall–Kier alpha value is -2.20. The van der Waals surface area contributed by atoms with Crippen LogP contribution in [0.1, 0.15) is 34.8 Å². The molecule has 0 aromatic carbocycles. The first-order valence-corrected chi connectivity index (χ1v) is 9.94. The summed E-state index contributed by atoms with van der Waals surface area (Å²) in [5, 5.41) is 10.6. The Kier molecular flexibility index (Phi) is 5.15. The number of amides is 1. The molecule has 142 valence electrons. The maximum Gasteiger partial charge on any atom is 0.269 e. The van der Waals surface area contributed by atoms with Gasteiger partial charge in [0.1, 0.15) is 16.3 Å². The molecule has 0 spiro atoms. The van der Waals surface area contributed by atoms with E-state index in [4.69, 9.17) is 4.52 Å². The van der Waals surface area contributed by atoms with E-state index >= 15 is 0 Å². The molecule has 3 rings (SSSR count). The van der Waals surface area contributed by atoms with Gasteiger partial charge >= 0.3 is 0 Å². The Bertz CT molecular complexity index is 874. The van der Waals surface area contributed by atoms with E-state index < -0.39 is 10.0 Å². The smallest absolute Gasteiger partial charge is 0.269 e. The van der Waals surface area contributed by atoms with Crippen molar-refractivity contribution >= 4 is 15.9 Å². The van der Waals surface area contributed by atoms with E-state index in [2.05, 4.69) is 15.6 Å². The van der Waals surface area contributed by atoms with Crippen LogP contribution in [0.25, 0.3) is 0 Å². The van der Waals surface area contributed by atoms with E-state index in [1.54, 1.807) is 33.2 Å². The van der Waals surface area contributed by atoms with Gasteiger partial charge in [0.25, 0.3) is 5.91 Å². The maximum absolute atomic E-state index is 12.8. The molecule has 1 N–H and O–H groups in total. The highest BCUT2D eigenvalue weighted by Crippen LogP contribution is 2.27. The lowest BCUT2D eigenvalue weighted by Crippen LogP contribution is -2.41. The SMILES string of the molecule is Cc1noc(C)c1S(=O)(=O)N1CCC(CNC(=O)c2ccnn2C)CC1. The second-order valence-electron chi connectivity index (χ2n) is 6.55. The fourth-order valence-corrected chi connectivity index (χ4v) is 5.01. The molecular formula is C16H23N5O4S. The molecular weight excluding hydrogens is 358 g/mol. The van der Waals surface area contributed by atoms with Crippen molar-refractivity contribution in [3.05, 3.63) is 29.4 Å². The van der Waals surface area contributed by atoms with Crippen molar-refractivity contribution in [1.82, 2.24) is 24.6 Å². The third-order valence-corrected chi connectivity index (χ3v) is 6.89. The molecule has 1 amide bonds. The standard InChI is InChI=1S/C16H23N5O4S/c1-11-15(12(2)25-19-11)26(23,24)21-8-5-13(6-9-21)10-17-16(22)14-4-7-18-20(14)3/h4,7,13H,5-6,8-10H2,1-3H3,(H,17,22). The molecule has 1 aliphatic heterocycles. The topological polar surface area (TPSA) is 110 Å². The van der Waals surface area contributed by atoms with Crippen LogP contribution in [0.2, 0.25) is 0 Å². The molecule has 2 aromatic heterocycles.